The number of pyridine rings is 1. The van der Waals surface area contributed by atoms with Gasteiger partial charge in [0, 0.05) is 18.9 Å². The Morgan fingerprint density at radius 2 is 2.24 bits per heavy atom. The van der Waals surface area contributed by atoms with Crippen molar-refractivity contribution >= 4 is 17.4 Å². The zero-order valence-electron chi connectivity index (χ0n) is 9.11. The molecule has 6 heteroatoms. The van der Waals surface area contributed by atoms with Gasteiger partial charge in [0.25, 0.3) is 0 Å². The number of nitrogens with one attached hydrogen (secondary N) is 1. The van der Waals surface area contributed by atoms with E-state index in [1.54, 1.807) is 12.4 Å². The van der Waals surface area contributed by atoms with Crippen LogP contribution >= 0.6 is 11.6 Å². The second-order valence-corrected chi connectivity index (χ2v) is 3.83. The Morgan fingerprint density at radius 1 is 1.41 bits per heavy atom. The SMILES string of the molecule is Cc1ccncc1CNc1nc(Cl)ncc1F. The fourth-order valence-corrected chi connectivity index (χ4v) is 1.46. The highest BCUT2D eigenvalue weighted by atomic mass is 35.5. The van der Waals surface area contributed by atoms with E-state index in [0.717, 1.165) is 17.3 Å². The maximum absolute atomic E-state index is 13.3. The van der Waals surface area contributed by atoms with Gasteiger partial charge in [-0.2, -0.15) is 4.98 Å². The lowest BCUT2D eigenvalue weighted by Gasteiger charge is -2.08. The molecule has 2 rings (SSSR count). The fraction of sp³-hybridized carbons (Fsp3) is 0.182. The second-order valence-electron chi connectivity index (χ2n) is 3.49. The molecule has 0 aliphatic rings. The zero-order valence-corrected chi connectivity index (χ0v) is 9.87. The van der Waals surface area contributed by atoms with Crippen LogP contribution in [0, 0.1) is 12.7 Å². The summed E-state index contributed by atoms with van der Waals surface area (Å²) in [6.07, 6.45) is 4.47. The van der Waals surface area contributed by atoms with Crippen LogP contribution in [0.2, 0.25) is 5.28 Å². The van der Waals surface area contributed by atoms with Gasteiger partial charge in [0.05, 0.1) is 6.20 Å². The van der Waals surface area contributed by atoms with Crippen LogP contribution in [-0.4, -0.2) is 15.0 Å². The average molecular weight is 253 g/mol. The molecule has 0 aliphatic heterocycles. The van der Waals surface area contributed by atoms with Crippen molar-refractivity contribution in [2.75, 3.05) is 5.32 Å². The minimum absolute atomic E-state index is 0.0109. The first kappa shape index (κ1) is 11.7. The molecule has 0 saturated heterocycles. The van der Waals surface area contributed by atoms with Gasteiger partial charge in [-0.1, -0.05) is 0 Å². The monoisotopic (exact) mass is 252 g/mol. The van der Waals surface area contributed by atoms with Crippen LogP contribution in [0.3, 0.4) is 0 Å². The van der Waals surface area contributed by atoms with Crippen molar-refractivity contribution in [1.29, 1.82) is 0 Å². The third-order valence-corrected chi connectivity index (χ3v) is 2.49. The predicted octanol–water partition coefficient (Wildman–Crippen LogP) is 2.58. The summed E-state index contributed by atoms with van der Waals surface area (Å²) in [6.45, 7) is 2.39. The molecule has 2 aromatic rings. The van der Waals surface area contributed by atoms with Gasteiger partial charge in [0.15, 0.2) is 11.6 Å². The Balaban J connectivity index is 2.12. The lowest BCUT2D eigenvalue weighted by molar-refractivity contribution is 0.616. The Kier molecular flexibility index (Phi) is 3.49. The number of rotatable bonds is 3. The number of anilines is 1. The predicted molar refractivity (Wildman–Crippen MR) is 63.3 cm³/mol. The Morgan fingerprint density at radius 3 is 3.00 bits per heavy atom. The number of nitrogens with zero attached hydrogens (tertiary/aromatic N) is 3. The maximum Gasteiger partial charge on any atom is 0.224 e. The quantitative estimate of drug-likeness (QED) is 0.853. The van der Waals surface area contributed by atoms with Crippen LogP contribution in [0.15, 0.2) is 24.7 Å². The minimum Gasteiger partial charge on any atom is -0.363 e. The molecule has 88 valence electrons. The van der Waals surface area contributed by atoms with Crippen molar-refractivity contribution in [3.63, 3.8) is 0 Å². The molecule has 17 heavy (non-hydrogen) atoms. The number of aryl methyl sites for hydroxylation is 1. The molecule has 2 heterocycles. The molecule has 0 aliphatic carbocycles. The highest BCUT2D eigenvalue weighted by Gasteiger charge is 2.06. The van der Waals surface area contributed by atoms with Crippen LogP contribution in [0.1, 0.15) is 11.1 Å². The van der Waals surface area contributed by atoms with Crippen molar-refractivity contribution in [2.45, 2.75) is 13.5 Å². The van der Waals surface area contributed by atoms with E-state index >= 15 is 0 Å². The summed E-state index contributed by atoms with van der Waals surface area (Å²) in [7, 11) is 0. The summed E-state index contributed by atoms with van der Waals surface area (Å²) in [5, 5.41) is 2.87. The zero-order chi connectivity index (χ0) is 12.3. The van der Waals surface area contributed by atoms with E-state index in [2.05, 4.69) is 20.3 Å². The topological polar surface area (TPSA) is 50.7 Å². The van der Waals surface area contributed by atoms with Crippen molar-refractivity contribution < 1.29 is 4.39 Å². The molecule has 2 aromatic heterocycles. The van der Waals surface area contributed by atoms with Crippen molar-refractivity contribution in [3.05, 3.63) is 46.9 Å². The molecule has 0 radical (unpaired) electrons. The molecule has 0 saturated carbocycles. The summed E-state index contributed by atoms with van der Waals surface area (Å²) >= 11 is 5.59. The smallest absolute Gasteiger partial charge is 0.224 e. The average Bonchev–Trinajstić information content (AvgIpc) is 2.32. The van der Waals surface area contributed by atoms with E-state index < -0.39 is 5.82 Å². The van der Waals surface area contributed by atoms with Crippen molar-refractivity contribution in [1.82, 2.24) is 15.0 Å². The third-order valence-electron chi connectivity index (χ3n) is 2.31. The van der Waals surface area contributed by atoms with Gasteiger partial charge in [0.2, 0.25) is 5.28 Å². The maximum atomic E-state index is 13.3. The second kappa shape index (κ2) is 5.05. The highest BCUT2D eigenvalue weighted by Crippen LogP contribution is 2.14. The molecule has 4 nitrogen and oxygen atoms in total. The highest BCUT2D eigenvalue weighted by molar-refractivity contribution is 6.28. The molecular formula is C11H10ClFN4. The van der Waals surface area contributed by atoms with Gasteiger partial charge in [-0.25, -0.2) is 9.37 Å². The van der Waals surface area contributed by atoms with E-state index in [9.17, 15) is 4.39 Å². The van der Waals surface area contributed by atoms with Gasteiger partial charge in [-0.15, -0.1) is 0 Å². The van der Waals surface area contributed by atoms with Gasteiger partial charge in [0.1, 0.15) is 0 Å². The lowest BCUT2D eigenvalue weighted by Crippen LogP contribution is -2.06. The molecule has 0 atom stereocenters. The molecular weight excluding hydrogens is 243 g/mol. The standard InChI is InChI=1S/C11H10ClFN4/c1-7-2-3-14-4-8(7)5-15-10-9(13)6-16-11(12)17-10/h2-4,6H,5H2,1H3,(H,15,16,17). The molecule has 0 unspecified atom stereocenters. The summed E-state index contributed by atoms with van der Waals surface area (Å²) in [6, 6.07) is 1.89. The molecule has 0 fully saturated rings. The molecule has 1 N–H and O–H groups in total. The molecule has 0 bridgehead atoms. The first-order chi connectivity index (χ1) is 8.16. The van der Waals surface area contributed by atoms with E-state index in [-0.39, 0.29) is 11.1 Å². The van der Waals surface area contributed by atoms with Gasteiger partial charge in [-0.3, -0.25) is 4.98 Å². The Labute approximate surface area is 103 Å². The Hall–Kier alpha value is -1.75. The van der Waals surface area contributed by atoms with Crippen LogP contribution in [0.5, 0.6) is 0 Å². The summed E-state index contributed by atoms with van der Waals surface area (Å²) in [5.74, 6) is -0.441. The van der Waals surface area contributed by atoms with Crippen molar-refractivity contribution in [2.24, 2.45) is 0 Å². The first-order valence-corrected chi connectivity index (χ1v) is 5.36. The van der Waals surface area contributed by atoms with Crippen LogP contribution in [0.4, 0.5) is 10.2 Å². The number of hydrogen-bond donors (Lipinski definition) is 1. The minimum atomic E-state index is -0.532. The van der Waals surface area contributed by atoms with Crippen LogP contribution in [0.25, 0.3) is 0 Å². The lowest BCUT2D eigenvalue weighted by atomic mass is 10.1. The van der Waals surface area contributed by atoms with E-state index in [0.29, 0.717) is 6.54 Å². The number of hydrogen-bond acceptors (Lipinski definition) is 4. The first-order valence-electron chi connectivity index (χ1n) is 4.98. The van der Waals surface area contributed by atoms with E-state index in [1.807, 2.05) is 13.0 Å². The normalized spacial score (nSPS) is 10.3. The number of halogens is 2. The molecule has 0 amide bonds. The Bertz CT molecular complexity index is 533. The summed E-state index contributed by atoms with van der Waals surface area (Å²) in [4.78, 5) is 11.3. The summed E-state index contributed by atoms with van der Waals surface area (Å²) in [5.41, 5.74) is 2.05. The largest absolute Gasteiger partial charge is 0.363 e. The van der Waals surface area contributed by atoms with Crippen LogP contribution in [-0.2, 0) is 6.54 Å². The van der Waals surface area contributed by atoms with E-state index in [1.165, 1.54) is 0 Å². The molecule has 0 aromatic carbocycles. The fourth-order valence-electron chi connectivity index (χ4n) is 1.33. The van der Waals surface area contributed by atoms with Crippen LogP contribution < -0.4 is 5.32 Å². The third kappa shape index (κ3) is 2.88. The van der Waals surface area contributed by atoms with Crippen molar-refractivity contribution in [3.8, 4) is 0 Å². The summed E-state index contributed by atoms with van der Waals surface area (Å²) < 4.78 is 13.3. The van der Waals surface area contributed by atoms with Gasteiger partial charge >= 0.3 is 0 Å². The molecule has 0 spiro atoms. The number of aromatic nitrogens is 3. The van der Waals surface area contributed by atoms with Gasteiger partial charge in [-0.05, 0) is 35.7 Å². The van der Waals surface area contributed by atoms with E-state index in [4.69, 9.17) is 11.6 Å². The van der Waals surface area contributed by atoms with Gasteiger partial charge < -0.3 is 5.32 Å².